The van der Waals surface area contributed by atoms with Crippen LogP contribution in [0.15, 0.2) is 108 Å². The summed E-state index contributed by atoms with van der Waals surface area (Å²) in [5.74, 6) is 0.235. The fourth-order valence-corrected chi connectivity index (χ4v) is 4.61. The number of rotatable bonds is 8. The van der Waals surface area contributed by atoms with Gasteiger partial charge in [0.05, 0.1) is 7.11 Å². The zero-order chi connectivity index (χ0) is 24.6. The van der Waals surface area contributed by atoms with Gasteiger partial charge in [-0.2, -0.15) is 0 Å². The lowest BCUT2D eigenvalue weighted by Gasteiger charge is -2.17. The van der Waals surface area contributed by atoms with Crippen molar-refractivity contribution in [2.75, 3.05) is 17.7 Å². The van der Waals surface area contributed by atoms with Gasteiger partial charge in [-0.15, -0.1) is 11.8 Å². The van der Waals surface area contributed by atoms with E-state index in [-0.39, 0.29) is 11.8 Å². The molecule has 0 heterocycles. The molecule has 0 aliphatic carbocycles. The van der Waals surface area contributed by atoms with Crippen molar-refractivity contribution in [3.8, 4) is 5.75 Å². The number of hydrogen-bond acceptors (Lipinski definition) is 4. The van der Waals surface area contributed by atoms with Gasteiger partial charge < -0.3 is 15.4 Å². The van der Waals surface area contributed by atoms with E-state index in [4.69, 9.17) is 16.3 Å². The monoisotopic (exact) mass is 502 g/mol. The summed E-state index contributed by atoms with van der Waals surface area (Å²) in [6, 6.07) is 31.0. The largest absolute Gasteiger partial charge is 0.497 e. The molecular weight excluding hydrogens is 480 g/mol. The van der Waals surface area contributed by atoms with Crippen LogP contribution >= 0.6 is 23.4 Å². The first kappa shape index (κ1) is 24.4. The van der Waals surface area contributed by atoms with Gasteiger partial charge in [-0.25, -0.2) is 0 Å². The van der Waals surface area contributed by atoms with Crippen molar-refractivity contribution in [1.82, 2.24) is 0 Å². The van der Waals surface area contributed by atoms with E-state index >= 15 is 0 Å². The Morgan fingerprint density at radius 1 is 0.800 bits per heavy atom. The Kier molecular flexibility index (Phi) is 8.08. The van der Waals surface area contributed by atoms with Crippen molar-refractivity contribution in [3.05, 3.63) is 119 Å². The number of hydrogen-bond donors (Lipinski definition) is 2. The quantitative estimate of drug-likeness (QED) is 0.253. The van der Waals surface area contributed by atoms with Crippen molar-refractivity contribution in [1.29, 1.82) is 0 Å². The van der Waals surface area contributed by atoms with Crippen LogP contribution in [-0.2, 0) is 4.79 Å². The minimum absolute atomic E-state index is 0.154. The average molecular weight is 503 g/mol. The Labute approximate surface area is 213 Å². The molecule has 4 aromatic carbocycles. The van der Waals surface area contributed by atoms with Crippen LogP contribution in [0.2, 0.25) is 5.02 Å². The summed E-state index contributed by atoms with van der Waals surface area (Å²) in [6.07, 6.45) is 0. The van der Waals surface area contributed by atoms with Crippen molar-refractivity contribution >= 4 is 46.6 Å². The summed E-state index contributed by atoms with van der Waals surface area (Å²) in [4.78, 5) is 26.7. The molecule has 4 rings (SSSR count). The Morgan fingerprint density at radius 2 is 1.54 bits per heavy atom. The van der Waals surface area contributed by atoms with E-state index in [0.29, 0.717) is 27.7 Å². The number of methoxy groups -OCH3 is 1. The van der Waals surface area contributed by atoms with Gasteiger partial charge in [-0.3, -0.25) is 9.59 Å². The van der Waals surface area contributed by atoms with Crippen LogP contribution in [0.5, 0.6) is 5.75 Å². The molecule has 0 saturated carbocycles. The highest BCUT2D eigenvalue weighted by Crippen LogP contribution is 2.37. The number of anilines is 2. The molecule has 2 amide bonds. The predicted octanol–water partition coefficient (Wildman–Crippen LogP) is 7.07. The van der Waals surface area contributed by atoms with Gasteiger partial charge in [0.1, 0.15) is 11.0 Å². The summed E-state index contributed by atoms with van der Waals surface area (Å²) in [7, 11) is 1.56. The minimum Gasteiger partial charge on any atom is -0.497 e. The number of carbonyl (C=O) groups excluding carboxylic acids is 2. The second-order valence-corrected chi connectivity index (χ2v) is 9.23. The molecule has 0 fully saturated rings. The normalized spacial score (nSPS) is 11.4. The third-order valence-corrected chi connectivity index (χ3v) is 6.63. The topological polar surface area (TPSA) is 67.4 Å². The van der Waals surface area contributed by atoms with Crippen LogP contribution in [0.3, 0.4) is 0 Å². The Morgan fingerprint density at radius 3 is 2.26 bits per heavy atom. The van der Waals surface area contributed by atoms with Gasteiger partial charge in [0.25, 0.3) is 5.91 Å². The van der Waals surface area contributed by atoms with Crippen molar-refractivity contribution in [3.63, 3.8) is 0 Å². The van der Waals surface area contributed by atoms with Crippen LogP contribution < -0.4 is 15.4 Å². The first-order valence-corrected chi connectivity index (χ1v) is 12.1. The molecule has 1 atom stereocenters. The molecule has 2 N–H and O–H groups in total. The van der Waals surface area contributed by atoms with E-state index in [1.54, 1.807) is 55.6 Å². The second-order valence-electron chi connectivity index (χ2n) is 7.62. The Bertz CT molecular complexity index is 1310. The molecule has 0 aliphatic rings. The van der Waals surface area contributed by atoms with Crippen molar-refractivity contribution < 1.29 is 14.3 Å². The fourth-order valence-electron chi connectivity index (χ4n) is 3.40. The van der Waals surface area contributed by atoms with Crippen molar-refractivity contribution in [2.45, 2.75) is 10.1 Å². The summed E-state index contributed by atoms with van der Waals surface area (Å²) < 4.78 is 5.18. The maximum atomic E-state index is 13.2. The molecule has 35 heavy (non-hydrogen) atoms. The maximum Gasteiger partial charge on any atom is 0.255 e. The summed E-state index contributed by atoms with van der Waals surface area (Å²) in [5.41, 5.74) is 2.68. The Balaban J connectivity index is 1.48. The molecule has 0 spiro atoms. The molecule has 0 aromatic heterocycles. The molecule has 5 nitrogen and oxygen atoms in total. The van der Waals surface area contributed by atoms with Gasteiger partial charge in [0.2, 0.25) is 5.91 Å². The molecule has 4 aromatic rings. The zero-order valence-corrected chi connectivity index (χ0v) is 20.5. The molecule has 0 saturated heterocycles. The zero-order valence-electron chi connectivity index (χ0n) is 18.9. The van der Waals surface area contributed by atoms with E-state index in [2.05, 4.69) is 10.6 Å². The molecule has 1 unspecified atom stereocenters. The second kappa shape index (κ2) is 11.6. The van der Waals surface area contributed by atoms with Crippen LogP contribution in [0.4, 0.5) is 11.4 Å². The Hall–Kier alpha value is -3.74. The van der Waals surface area contributed by atoms with E-state index in [1.165, 1.54) is 11.8 Å². The number of nitrogens with one attached hydrogen (secondary N) is 2. The first-order chi connectivity index (χ1) is 17.0. The summed E-state index contributed by atoms with van der Waals surface area (Å²) >= 11 is 7.49. The van der Waals surface area contributed by atoms with E-state index in [9.17, 15) is 9.59 Å². The third kappa shape index (κ3) is 6.66. The lowest BCUT2D eigenvalue weighted by molar-refractivity contribution is -0.115. The van der Waals surface area contributed by atoms with E-state index in [0.717, 1.165) is 10.5 Å². The highest BCUT2D eigenvalue weighted by Gasteiger charge is 2.22. The minimum atomic E-state index is -0.479. The number of thioether (sulfide) groups is 1. The maximum absolute atomic E-state index is 13.2. The van der Waals surface area contributed by atoms with E-state index < -0.39 is 5.25 Å². The molecule has 176 valence electrons. The van der Waals surface area contributed by atoms with Gasteiger partial charge in [0, 0.05) is 26.9 Å². The summed E-state index contributed by atoms with van der Waals surface area (Å²) in [5, 5.41) is 5.92. The number of ether oxygens (including phenoxy) is 1. The lowest BCUT2D eigenvalue weighted by atomic mass is 10.1. The van der Waals surface area contributed by atoms with Crippen molar-refractivity contribution in [2.24, 2.45) is 0 Å². The van der Waals surface area contributed by atoms with Gasteiger partial charge in [0.15, 0.2) is 0 Å². The molecule has 0 radical (unpaired) electrons. The van der Waals surface area contributed by atoms with Crippen LogP contribution in [0.1, 0.15) is 21.2 Å². The van der Waals surface area contributed by atoms with Gasteiger partial charge in [-0.05, 0) is 66.2 Å². The SMILES string of the molecule is COc1cccc(C(=O)Nc2ccc(SC(C(=O)Nc3cccc(Cl)c3)c3ccccc3)cc2)c1. The van der Waals surface area contributed by atoms with Gasteiger partial charge in [-0.1, -0.05) is 54.1 Å². The van der Waals surface area contributed by atoms with Gasteiger partial charge >= 0.3 is 0 Å². The standard InChI is InChI=1S/C28H23ClN2O3S/c1-34-24-12-5-9-20(17-24)27(32)30-22-13-15-25(16-14-22)35-26(19-7-3-2-4-8-19)28(33)31-23-11-6-10-21(29)18-23/h2-18,26H,1H3,(H,30,32)(H,31,33). The van der Waals surface area contributed by atoms with E-state index in [1.807, 2.05) is 54.6 Å². The number of benzene rings is 4. The van der Waals surface area contributed by atoms with Crippen LogP contribution in [0, 0.1) is 0 Å². The molecular formula is C28H23ClN2O3S. The van der Waals surface area contributed by atoms with Crippen LogP contribution in [-0.4, -0.2) is 18.9 Å². The third-order valence-electron chi connectivity index (χ3n) is 5.13. The fraction of sp³-hybridized carbons (Fsp3) is 0.0714. The molecule has 7 heteroatoms. The summed E-state index contributed by atoms with van der Waals surface area (Å²) in [6.45, 7) is 0. The molecule has 0 aliphatic heterocycles. The first-order valence-electron chi connectivity index (χ1n) is 10.9. The molecule has 0 bridgehead atoms. The van der Waals surface area contributed by atoms with Crippen LogP contribution in [0.25, 0.3) is 0 Å². The highest BCUT2D eigenvalue weighted by atomic mass is 35.5. The average Bonchev–Trinajstić information content (AvgIpc) is 2.88. The number of halogens is 1. The predicted molar refractivity (Wildman–Crippen MR) is 143 cm³/mol. The lowest BCUT2D eigenvalue weighted by Crippen LogP contribution is -2.19. The number of carbonyl (C=O) groups is 2. The smallest absolute Gasteiger partial charge is 0.255 e. The number of amides is 2. The highest BCUT2D eigenvalue weighted by molar-refractivity contribution is 8.00.